The predicted molar refractivity (Wildman–Crippen MR) is 110 cm³/mol. The third kappa shape index (κ3) is 5.30. The van der Waals surface area contributed by atoms with Gasteiger partial charge in [-0.1, -0.05) is 39.0 Å². The molecule has 0 saturated carbocycles. The molecule has 0 radical (unpaired) electrons. The van der Waals surface area contributed by atoms with Gasteiger partial charge in [0.05, 0.1) is 12.7 Å². The fourth-order valence-electron chi connectivity index (χ4n) is 3.02. The molecule has 4 heteroatoms. The van der Waals surface area contributed by atoms with Crippen LogP contribution < -0.4 is 4.74 Å². The van der Waals surface area contributed by atoms with Crippen LogP contribution in [0.15, 0.2) is 36.4 Å². The van der Waals surface area contributed by atoms with Crippen molar-refractivity contribution in [1.29, 1.82) is 0 Å². The monoisotopic (exact) mass is 376 g/mol. The van der Waals surface area contributed by atoms with Crippen molar-refractivity contribution in [3.63, 3.8) is 0 Å². The first-order chi connectivity index (χ1) is 12.9. The molecule has 0 saturated heterocycles. The number of aryl methyl sites for hydroxylation is 1. The standard InChI is InChI=1S/C21H27FO3.C2H6/c1-7-14-8-10-16(17-13-15(23-4)9-11-19(17)22)18(12-14)20(24-5)21(2,3)25-6;1-2/h8-13,20H,7H2,1-6H3;1-2H3. The van der Waals surface area contributed by atoms with Crippen LogP contribution in [0.4, 0.5) is 4.39 Å². The van der Waals surface area contributed by atoms with Gasteiger partial charge in [0, 0.05) is 19.8 Å². The van der Waals surface area contributed by atoms with E-state index < -0.39 is 5.60 Å². The SMILES string of the molecule is CC.CCc1ccc(-c2cc(OC)ccc2F)c(C(OC)C(C)(C)OC)c1. The molecule has 0 bridgehead atoms. The molecule has 1 atom stereocenters. The van der Waals surface area contributed by atoms with E-state index in [9.17, 15) is 4.39 Å². The van der Waals surface area contributed by atoms with Crippen LogP contribution in [0.5, 0.6) is 5.75 Å². The highest BCUT2D eigenvalue weighted by molar-refractivity contribution is 5.70. The second-order valence-electron chi connectivity index (χ2n) is 6.54. The summed E-state index contributed by atoms with van der Waals surface area (Å²) in [4.78, 5) is 0. The second-order valence-corrected chi connectivity index (χ2v) is 6.54. The summed E-state index contributed by atoms with van der Waals surface area (Å²) in [6.45, 7) is 10.0. The zero-order valence-electron chi connectivity index (χ0n) is 17.9. The van der Waals surface area contributed by atoms with Crippen LogP contribution in [0.3, 0.4) is 0 Å². The molecule has 2 aromatic rings. The molecule has 0 heterocycles. The van der Waals surface area contributed by atoms with Gasteiger partial charge in [0.2, 0.25) is 0 Å². The van der Waals surface area contributed by atoms with E-state index in [1.54, 1.807) is 33.5 Å². The summed E-state index contributed by atoms with van der Waals surface area (Å²) in [7, 11) is 4.88. The first-order valence-electron chi connectivity index (χ1n) is 9.42. The van der Waals surface area contributed by atoms with E-state index in [4.69, 9.17) is 14.2 Å². The van der Waals surface area contributed by atoms with Crippen LogP contribution in [-0.4, -0.2) is 26.9 Å². The van der Waals surface area contributed by atoms with E-state index in [0.717, 1.165) is 23.1 Å². The minimum Gasteiger partial charge on any atom is -0.497 e. The van der Waals surface area contributed by atoms with E-state index in [-0.39, 0.29) is 11.9 Å². The maximum absolute atomic E-state index is 14.6. The first-order valence-corrected chi connectivity index (χ1v) is 9.42. The zero-order valence-corrected chi connectivity index (χ0v) is 17.9. The van der Waals surface area contributed by atoms with Crippen molar-refractivity contribution in [1.82, 2.24) is 0 Å². The maximum Gasteiger partial charge on any atom is 0.131 e. The molecule has 0 N–H and O–H groups in total. The normalized spacial score (nSPS) is 12.2. The van der Waals surface area contributed by atoms with Gasteiger partial charge in [-0.2, -0.15) is 0 Å². The van der Waals surface area contributed by atoms with Gasteiger partial charge in [0.1, 0.15) is 17.7 Å². The Kier molecular flexibility index (Phi) is 8.94. The molecule has 0 aromatic heterocycles. The third-order valence-electron chi connectivity index (χ3n) is 4.66. The topological polar surface area (TPSA) is 27.7 Å². The average molecular weight is 377 g/mol. The summed E-state index contributed by atoms with van der Waals surface area (Å²) >= 11 is 0. The summed E-state index contributed by atoms with van der Waals surface area (Å²) in [5, 5.41) is 0. The van der Waals surface area contributed by atoms with Crippen LogP contribution in [-0.2, 0) is 15.9 Å². The third-order valence-corrected chi connectivity index (χ3v) is 4.66. The second kappa shape index (κ2) is 10.4. The highest BCUT2D eigenvalue weighted by atomic mass is 19.1. The van der Waals surface area contributed by atoms with Crippen molar-refractivity contribution in [3.05, 3.63) is 53.3 Å². The Balaban J connectivity index is 0.00000176. The number of halogens is 1. The number of hydrogen-bond donors (Lipinski definition) is 0. The Morgan fingerprint density at radius 2 is 1.63 bits per heavy atom. The van der Waals surface area contributed by atoms with E-state index in [0.29, 0.717) is 11.3 Å². The van der Waals surface area contributed by atoms with Crippen molar-refractivity contribution in [2.45, 2.75) is 52.7 Å². The Morgan fingerprint density at radius 3 is 2.15 bits per heavy atom. The van der Waals surface area contributed by atoms with Crippen LogP contribution in [0.1, 0.15) is 51.8 Å². The molecular weight excluding hydrogens is 343 g/mol. The van der Waals surface area contributed by atoms with E-state index in [1.807, 2.05) is 39.8 Å². The molecule has 27 heavy (non-hydrogen) atoms. The van der Waals surface area contributed by atoms with Gasteiger partial charge < -0.3 is 14.2 Å². The Morgan fingerprint density at radius 1 is 0.963 bits per heavy atom. The lowest BCUT2D eigenvalue weighted by atomic mass is 9.86. The number of methoxy groups -OCH3 is 3. The Bertz CT molecular complexity index is 726. The van der Waals surface area contributed by atoms with Crippen LogP contribution in [0.2, 0.25) is 0 Å². The largest absolute Gasteiger partial charge is 0.497 e. The molecule has 2 aromatic carbocycles. The summed E-state index contributed by atoms with van der Waals surface area (Å²) in [5.74, 6) is 0.318. The molecule has 0 aliphatic carbocycles. The maximum atomic E-state index is 14.6. The minimum atomic E-state index is -0.564. The predicted octanol–water partition coefficient (Wildman–Crippen LogP) is 6.20. The van der Waals surface area contributed by atoms with Gasteiger partial charge in [0.25, 0.3) is 0 Å². The lowest BCUT2D eigenvalue weighted by Crippen LogP contribution is -2.33. The fraction of sp³-hybridized carbons (Fsp3) is 0.478. The minimum absolute atomic E-state index is 0.295. The van der Waals surface area contributed by atoms with Crippen molar-refractivity contribution in [2.75, 3.05) is 21.3 Å². The van der Waals surface area contributed by atoms with Crippen molar-refractivity contribution < 1.29 is 18.6 Å². The summed E-state index contributed by atoms with van der Waals surface area (Å²) in [6.07, 6.45) is 0.544. The van der Waals surface area contributed by atoms with Gasteiger partial charge in [-0.15, -0.1) is 0 Å². The Labute approximate surface area is 163 Å². The van der Waals surface area contributed by atoms with Crippen molar-refractivity contribution in [3.8, 4) is 16.9 Å². The van der Waals surface area contributed by atoms with Crippen molar-refractivity contribution in [2.24, 2.45) is 0 Å². The van der Waals surface area contributed by atoms with Crippen molar-refractivity contribution >= 4 is 0 Å². The molecule has 0 amide bonds. The first kappa shape index (κ1) is 23.1. The van der Waals surface area contributed by atoms with Crippen LogP contribution in [0.25, 0.3) is 11.1 Å². The van der Waals surface area contributed by atoms with Crippen LogP contribution in [0, 0.1) is 5.82 Å². The smallest absolute Gasteiger partial charge is 0.131 e. The molecule has 0 spiro atoms. The quantitative estimate of drug-likeness (QED) is 0.575. The molecule has 3 nitrogen and oxygen atoms in total. The molecule has 150 valence electrons. The highest BCUT2D eigenvalue weighted by Crippen LogP contribution is 2.39. The summed E-state index contributed by atoms with van der Waals surface area (Å²) < 4.78 is 31.3. The van der Waals surface area contributed by atoms with Crippen LogP contribution >= 0.6 is 0 Å². The lowest BCUT2D eigenvalue weighted by molar-refractivity contribution is -0.0967. The van der Waals surface area contributed by atoms with Gasteiger partial charge in [-0.05, 0) is 55.2 Å². The molecule has 0 fully saturated rings. The molecule has 2 rings (SSSR count). The van der Waals surface area contributed by atoms with Gasteiger partial charge >= 0.3 is 0 Å². The average Bonchev–Trinajstić information content (AvgIpc) is 2.70. The summed E-state index contributed by atoms with van der Waals surface area (Å²) in [5.41, 5.74) is 2.78. The van der Waals surface area contributed by atoms with E-state index in [2.05, 4.69) is 13.0 Å². The molecule has 1 unspecified atom stereocenters. The fourth-order valence-corrected chi connectivity index (χ4v) is 3.02. The number of rotatable bonds is 7. The van der Waals surface area contributed by atoms with Gasteiger partial charge in [0.15, 0.2) is 0 Å². The lowest BCUT2D eigenvalue weighted by Gasteiger charge is -2.34. The highest BCUT2D eigenvalue weighted by Gasteiger charge is 2.33. The zero-order chi connectivity index (χ0) is 20.6. The van der Waals surface area contributed by atoms with Gasteiger partial charge in [-0.3, -0.25) is 0 Å². The number of hydrogen-bond acceptors (Lipinski definition) is 3. The number of benzene rings is 2. The number of ether oxygens (including phenoxy) is 3. The summed E-state index contributed by atoms with van der Waals surface area (Å²) in [6, 6.07) is 10.8. The van der Waals surface area contributed by atoms with E-state index in [1.165, 1.54) is 6.07 Å². The molecule has 0 aliphatic heterocycles. The molecular formula is C23H33FO3. The van der Waals surface area contributed by atoms with Gasteiger partial charge in [-0.25, -0.2) is 4.39 Å². The Hall–Kier alpha value is -1.91. The molecule has 0 aliphatic rings. The van der Waals surface area contributed by atoms with E-state index >= 15 is 0 Å².